The first-order valence-electron chi connectivity index (χ1n) is 20.5. The first-order valence-corrected chi connectivity index (χ1v) is 21.3. The molecule has 0 saturated heterocycles. The monoisotopic (exact) mass is 773 g/mol. The number of rotatable bonds is 4. The summed E-state index contributed by atoms with van der Waals surface area (Å²) in [6.45, 7) is 2.35. The minimum atomic E-state index is -0.528. The molecule has 0 amide bonds. The highest BCUT2D eigenvalue weighted by Gasteiger charge is 2.51. The molecular formula is C55H39N3S. The molecule has 2 unspecified atom stereocenters. The second-order valence-corrected chi connectivity index (χ2v) is 17.1. The number of fused-ring (bicyclic) bond motifs is 10. The third-order valence-corrected chi connectivity index (χ3v) is 13.7. The van der Waals surface area contributed by atoms with E-state index in [1.165, 1.54) is 70.9 Å². The summed E-state index contributed by atoms with van der Waals surface area (Å²) in [6, 6.07) is 68.9. The third kappa shape index (κ3) is 5.13. The Morgan fingerprint density at radius 3 is 1.92 bits per heavy atom. The third-order valence-electron chi connectivity index (χ3n) is 12.6. The second-order valence-electron chi connectivity index (χ2n) is 16.0. The van der Waals surface area contributed by atoms with Crippen LogP contribution in [-0.2, 0) is 5.41 Å². The Kier molecular flexibility index (Phi) is 7.73. The van der Waals surface area contributed by atoms with Crippen LogP contribution >= 0.6 is 11.8 Å². The number of anilines is 2. The fourth-order valence-electron chi connectivity index (χ4n) is 10.1. The summed E-state index contributed by atoms with van der Waals surface area (Å²) in [5.41, 5.74) is 16.2. The number of hydrogen-bond donors (Lipinski definition) is 0. The summed E-state index contributed by atoms with van der Waals surface area (Å²) in [4.78, 5) is 10.4. The van der Waals surface area contributed by atoms with Gasteiger partial charge in [0.25, 0.3) is 0 Å². The van der Waals surface area contributed by atoms with E-state index >= 15 is 0 Å². The molecule has 7 aromatic carbocycles. The molecule has 9 aromatic rings. The minimum Gasteiger partial charge on any atom is -0.314 e. The van der Waals surface area contributed by atoms with Gasteiger partial charge in [-0.05, 0) is 89.2 Å². The number of allylic oxidation sites excluding steroid dienone is 4. The molecule has 0 N–H and O–H groups in total. The van der Waals surface area contributed by atoms with Gasteiger partial charge in [0.05, 0.1) is 39.2 Å². The molecule has 1 spiro atoms. The largest absolute Gasteiger partial charge is 0.314 e. The molecule has 0 bridgehead atoms. The van der Waals surface area contributed by atoms with Crippen LogP contribution in [0.25, 0.3) is 50.0 Å². The minimum absolute atomic E-state index is 0.414. The Morgan fingerprint density at radius 2 is 1.17 bits per heavy atom. The van der Waals surface area contributed by atoms with Crippen molar-refractivity contribution < 1.29 is 0 Å². The van der Waals surface area contributed by atoms with E-state index < -0.39 is 5.41 Å². The van der Waals surface area contributed by atoms with Gasteiger partial charge in [0.2, 0.25) is 0 Å². The van der Waals surface area contributed by atoms with Crippen molar-refractivity contribution >= 4 is 44.9 Å². The van der Waals surface area contributed by atoms with E-state index in [9.17, 15) is 0 Å². The quantitative estimate of drug-likeness (QED) is 0.178. The Bertz CT molecular complexity index is 3120. The zero-order valence-electron chi connectivity index (χ0n) is 32.6. The van der Waals surface area contributed by atoms with Crippen LogP contribution in [0.15, 0.2) is 221 Å². The number of para-hydroxylation sites is 3. The summed E-state index contributed by atoms with van der Waals surface area (Å²) in [5, 5.41) is 2.48. The van der Waals surface area contributed by atoms with Gasteiger partial charge in [-0.2, -0.15) is 0 Å². The van der Waals surface area contributed by atoms with Crippen molar-refractivity contribution in [3.05, 3.63) is 228 Å². The van der Waals surface area contributed by atoms with Gasteiger partial charge in [0, 0.05) is 43.1 Å². The van der Waals surface area contributed by atoms with Crippen molar-refractivity contribution in [1.82, 2.24) is 9.55 Å². The lowest BCUT2D eigenvalue weighted by molar-refractivity contribution is 0.616. The van der Waals surface area contributed by atoms with E-state index in [1.54, 1.807) is 0 Å². The molecular weight excluding hydrogens is 735 g/mol. The zero-order chi connectivity index (χ0) is 39.1. The SMILES string of the molecule is CC1C=CC2=C(C1)N(c1ccccc1)c1ccccc1C21c2ccccc2Sc2cc3c(cc21)c1ccccc1n3-c1cc(-c2ccccc2)nc(-c2ccccc2)c1. The molecule has 2 aromatic heterocycles. The van der Waals surface area contributed by atoms with Crippen LogP contribution in [-0.4, -0.2) is 9.55 Å². The van der Waals surface area contributed by atoms with Crippen LogP contribution in [0.3, 0.4) is 0 Å². The molecule has 0 fully saturated rings. The molecule has 3 nitrogen and oxygen atoms in total. The topological polar surface area (TPSA) is 21.1 Å². The molecule has 1 aliphatic carbocycles. The molecule has 12 rings (SSSR count). The maximum absolute atomic E-state index is 5.26. The molecule has 280 valence electrons. The van der Waals surface area contributed by atoms with Crippen molar-refractivity contribution in [2.45, 2.75) is 28.6 Å². The molecule has 0 saturated carbocycles. The van der Waals surface area contributed by atoms with Crippen molar-refractivity contribution in [3.8, 4) is 28.2 Å². The Hall–Kier alpha value is -6.88. The van der Waals surface area contributed by atoms with Crippen LogP contribution in [0.2, 0.25) is 0 Å². The number of aromatic nitrogens is 2. The summed E-state index contributed by atoms with van der Waals surface area (Å²) in [5.74, 6) is 0.414. The number of nitrogens with zero attached hydrogens (tertiary/aromatic N) is 3. The maximum atomic E-state index is 5.26. The lowest BCUT2D eigenvalue weighted by Crippen LogP contribution is -2.42. The first-order chi connectivity index (χ1) is 29.2. The maximum Gasteiger partial charge on any atom is 0.0760 e. The highest BCUT2D eigenvalue weighted by Crippen LogP contribution is 2.63. The zero-order valence-corrected chi connectivity index (χ0v) is 33.4. The van der Waals surface area contributed by atoms with E-state index in [1.807, 2.05) is 11.8 Å². The van der Waals surface area contributed by atoms with Crippen LogP contribution in [0.1, 0.15) is 30.0 Å². The second kappa shape index (κ2) is 13.3. The highest BCUT2D eigenvalue weighted by molar-refractivity contribution is 7.99. The van der Waals surface area contributed by atoms with E-state index in [4.69, 9.17) is 4.98 Å². The Labute approximate surface area is 348 Å². The smallest absolute Gasteiger partial charge is 0.0760 e. The summed E-state index contributed by atoms with van der Waals surface area (Å²) < 4.78 is 2.47. The van der Waals surface area contributed by atoms with E-state index in [-0.39, 0.29) is 0 Å². The van der Waals surface area contributed by atoms with Crippen molar-refractivity contribution in [2.24, 2.45) is 5.92 Å². The van der Waals surface area contributed by atoms with Gasteiger partial charge in [0.1, 0.15) is 0 Å². The number of pyridine rings is 1. The number of hydrogen-bond acceptors (Lipinski definition) is 3. The predicted octanol–water partition coefficient (Wildman–Crippen LogP) is 14.3. The molecule has 0 radical (unpaired) electrons. The van der Waals surface area contributed by atoms with Crippen molar-refractivity contribution in [1.29, 1.82) is 0 Å². The van der Waals surface area contributed by atoms with Crippen LogP contribution < -0.4 is 4.90 Å². The highest BCUT2D eigenvalue weighted by atomic mass is 32.2. The van der Waals surface area contributed by atoms with Gasteiger partial charge in [-0.15, -0.1) is 0 Å². The van der Waals surface area contributed by atoms with Gasteiger partial charge in [0.15, 0.2) is 0 Å². The van der Waals surface area contributed by atoms with Crippen molar-refractivity contribution in [3.63, 3.8) is 0 Å². The molecule has 4 heteroatoms. The molecule has 4 heterocycles. The van der Waals surface area contributed by atoms with Crippen molar-refractivity contribution in [2.75, 3.05) is 4.90 Å². The normalized spacial score (nSPS) is 17.8. The van der Waals surface area contributed by atoms with Crippen LogP contribution in [0.4, 0.5) is 11.4 Å². The summed E-state index contributed by atoms with van der Waals surface area (Å²) in [6.07, 6.45) is 5.86. The van der Waals surface area contributed by atoms with E-state index in [0.717, 1.165) is 34.6 Å². The van der Waals surface area contributed by atoms with E-state index in [2.05, 4.69) is 217 Å². The number of benzene rings is 7. The fraction of sp³-hybridized carbons (Fsp3) is 0.0727. The first kappa shape index (κ1) is 34.2. The average molecular weight is 774 g/mol. The van der Waals surface area contributed by atoms with Gasteiger partial charge in [-0.3, -0.25) is 0 Å². The van der Waals surface area contributed by atoms with Crippen LogP contribution in [0.5, 0.6) is 0 Å². The van der Waals surface area contributed by atoms with Gasteiger partial charge < -0.3 is 9.47 Å². The standard InChI is InChI=1S/C55H39N3S/c1-36-29-30-44-52(31-36)57(39-21-9-4-10-22-39)50-27-15-12-24-43(50)55(44)45-25-13-16-28-53(45)59-54-35-51-42(34-46(54)55)41-23-11-14-26-49(41)58(51)40-32-47(37-17-5-2-6-18-37)56-48(33-40)38-19-7-3-8-20-38/h2-30,32-36H,31H2,1H3. The van der Waals surface area contributed by atoms with Gasteiger partial charge in [-0.1, -0.05) is 164 Å². The molecule has 3 aliphatic rings. The lowest BCUT2D eigenvalue weighted by atomic mass is 9.60. The molecule has 59 heavy (non-hydrogen) atoms. The van der Waals surface area contributed by atoms with Gasteiger partial charge >= 0.3 is 0 Å². The predicted molar refractivity (Wildman–Crippen MR) is 245 cm³/mol. The summed E-state index contributed by atoms with van der Waals surface area (Å²) in [7, 11) is 0. The summed E-state index contributed by atoms with van der Waals surface area (Å²) >= 11 is 1.90. The molecule has 2 aliphatic heterocycles. The Balaban J connectivity index is 1.18. The fourth-order valence-corrected chi connectivity index (χ4v) is 11.3. The molecule has 2 atom stereocenters. The average Bonchev–Trinajstić information content (AvgIpc) is 3.62. The lowest BCUT2D eigenvalue weighted by Gasteiger charge is -2.50. The van der Waals surface area contributed by atoms with E-state index in [0.29, 0.717) is 5.92 Å². The van der Waals surface area contributed by atoms with Crippen LogP contribution in [0, 0.1) is 5.92 Å². The van der Waals surface area contributed by atoms with Gasteiger partial charge in [-0.25, -0.2) is 4.98 Å². The Morgan fingerprint density at radius 1 is 0.542 bits per heavy atom.